The van der Waals surface area contributed by atoms with Crippen molar-refractivity contribution < 1.29 is 32.1 Å². The fraction of sp³-hybridized carbons (Fsp3) is 0.625. The van der Waals surface area contributed by atoms with Crippen LogP contribution in [0.1, 0.15) is 24.5 Å². The average Bonchev–Trinajstić information content (AvgIpc) is 2.57. The second-order valence-electron chi connectivity index (χ2n) is 5.86. The molecule has 8 heteroatoms. The van der Waals surface area contributed by atoms with Crippen LogP contribution in [0.25, 0.3) is 0 Å². The van der Waals surface area contributed by atoms with Crippen LogP contribution in [-0.2, 0) is 14.2 Å². The largest absolute Gasteiger partial charge is 0.432 e. The number of hydrogen-bond acceptors (Lipinski definition) is 4. The second kappa shape index (κ2) is 8.20. The van der Waals surface area contributed by atoms with E-state index >= 15 is 0 Å². The zero-order valence-electron chi connectivity index (χ0n) is 12.8. The van der Waals surface area contributed by atoms with Gasteiger partial charge in [0.2, 0.25) is 0 Å². The predicted octanol–water partition coefficient (Wildman–Crippen LogP) is 4.07. The van der Waals surface area contributed by atoms with Crippen molar-refractivity contribution in [2.45, 2.75) is 35.8 Å². The molecule has 0 saturated carbocycles. The van der Waals surface area contributed by atoms with E-state index in [1.54, 1.807) is 6.07 Å². The zero-order chi connectivity index (χ0) is 17.1. The lowest BCUT2D eigenvalue weighted by Crippen LogP contribution is -2.40. The van der Waals surface area contributed by atoms with Crippen LogP contribution < -0.4 is 4.74 Å². The van der Waals surface area contributed by atoms with Crippen LogP contribution in [0.2, 0.25) is 0 Å². The molecule has 2 fully saturated rings. The van der Waals surface area contributed by atoms with Crippen molar-refractivity contribution in [3.63, 3.8) is 0 Å². The first-order valence-corrected chi connectivity index (χ1v) is 9.00. The maximum atomic E-state index is 13.8. The lowest BCUT2D eigenvalue weighted by molar-refractivity contribution is -0.221. The Morgan fingerprint density at radius 2 is 1.83 bits per heavy atom. The van der Waals surface area contributed by atoms with Crippen LogP contribution in [0.3, 0.4) is 0 Å². The Labute approximate surface area is 151 Å². The summed E-state index contributed by atoms with van der Waals surface area (Å²) in [7, 11) is 0. The fourth-order valence-electron chi connectivity index (χ4n) is 2.93. The molecule has 0 bridgehead atoms. The maximum absolute atomic E-state index is 13.8. The van der Waals surface area contributed by atoms with Crippen LogP contribution >= 0.6 is 22.6 Å². The molecule has 0 radical (unpaired) electrons. The second-order valence-corrected chi connectivity index (χ2v) is 7.62. The van der Waals surface area contributed by atoms with Crippen molar-refractivity contribution in [2.75, 3.05) is 19.8 Å². The molecular weight excluding hydrogens is 440 g/mol. The number of alkyl halides is 3. The lowest BCUT2D eigenvalue weighted by atomic mass is 9.94. The summed E-state index contributed by atoms with van der Waals surface area (Å²) in [6.45, 7) is -1.25. The van der Waals surface area contributed by atoms with Gasteiger partial charge in [-0.25, -0.2) is 4.39 Å². The number of rotatable bonds is 4. The fourth-order valence-corrected chi connectivity index (χ4v) is 3.34. The molecule has 1 aromatic rings. The van der Waals surface area contributed by atoms with E-state index in [2.05, 4.69) is 27.3 Å². The van der Waals surface area contributed by atoms with Crippen LogP contribution in [0, 0.1) is 11.7 Å². The van der Waals surface area contributed by atoms with Gasteiger partial charge in [0.15, 0.2) is 17.9 Å². The molecule has 0 aliphatic carbocycles. The van der Waals surface area contributed by atoms with Crippen LogP contribution in [0.4, 0.5) is 13.2 Å². The molecule has 2 saturated heterocycles. The summed E-state index contributed by atoms with van der Waals surface area (Å²) >= 11 is 2.29. The molecule has 24 heavy (non-hydrogen) atoms. The Hall–Kier alpha value is -0.580. The van der Waals surface area contributed by atoms with E-state index in [-0.39, 0.29) is 18.3 Å². The standard InChI is InChI=1S/C16H18F3IO4/c17-12-5-9(1-4-14(12)24-16(18)19)13-3-2-10(6-21-13)15-22-7-11(20)8-23-15/h1,4-5,10-11,13,15-16H,2-3,6-8H2. The van der Waals surface area contributed by atoms with E-state index in [9.17, 15) is 13.2 Å². The minimum atomic E-state index is -3.05. The van der Waals surface area contributed by atoms with Gasteiger partial charge in [-0.1, -0.05) is 28.7 Å². The van der Waals surface area contributed by atoms with Crippen molar-refractivity contribution in [1.82, 2.24) is 0 Å². The number of halogens is 4. The average molecular weight is 458 g/mol. The monoisotopic (exact) mass is 458 g/mol. The first kappa shape index (κ1) is 18.2. The molecule has 0 amide bonds. The first-order chi connectivity index (χ1) is 11.5. The van der Waals surface area contributed by atoms with E-state index < -0.39 is 18.2 Å². The molecule has 2 aliphatic heterocycles. The predicted molar refractivity (Wildman–Crippen MR) is 87.9 cm³/mol. The molecule has 0 aromatic heterocycles. The van der Waals surface area contributed by atoms with E-state index in [0.717, 1.165) is 6.42 Å². The molecule has 4 nitrogen and oxygen atoms in total. The van der Waals surface area contributed by atoms with Gasteiger partial charge in [0.05, 0.1) is 29.8 Å². The van der Waals surface area contributed by atoms with Gasteiger partial charge in [0.25, 0.3) is 0 Å². The first-order valence-electron chi connectivity index (χ1n) is 7.76. The summed E-state index contributed by atoms with van der Waals surface area (Å²) in [6, 6.07) is 3.96. The molecule has 0 N–H and O–H groups in total. The van der Waals surface area contributed by atoms with E-state index in [4.69, 9.17) is 14.2 Å². The van der Waals surface area contributed by atoms with E-state index in [0.29, 0.717) is 35.7 Å². The molecule has 2 heterocycles. The summed E-state index contributed by atoms with van der Waals surface area (Å²) in [5, 5.41) is 0. The van der Waals surface area contributed by atoms with E-state index in [1.165, 1.54) is 12.1 Å². The summed E-state index contributed by atoms with van der Waals surface area (Å²) in [4.78, 5) is 0. The minimum Gasteiger partial charge on any atom is -0.432 e. The Morgan fingerprint density at radius 1 is 1.08 bits per heavy atom. The topological polar surface area (TPSA) is 36.9 Å². The third-order valence-electron chi connectivity index (χ3n) is 4.12. The van der Waals surface area contributed by atoms with Crippen molar-refractivity contribution in [3.8, 4) is 5.75 Å². The molecule has 2 aliphatic rings. The normalized spacial score (nSPS) is 31.2. The zero-order valence-corrected chi connectivity index (χ0v) is 15.0. The van der Waals surface area contributed by atoms with Crippen LogP contribution in [0.5, 0.6) is 5.75 Å². The molecule has 1 aromatic carbocycles. The summed E-state index contributed by atoms with van der Waals surface area (Å²) in [5.74, 6) is -1.12. The molecular formula is C16H18F3IO4. The molecule has 3 rings (SSSR count). The number of benzene rings is 1. The highest BCUT2D eigenvalue weighted by Gasteiger charge is 2.33. The van der Waals surface area contributed by atoms with Gasteiger partial charge in [-0.3, -0.25) is 0 Å². The number of hydrogen-bond donors (Lipinski definition) is 0. The maximum Gasteiger partial charge on any atom is 0.387 e. The highest BCUT2D eigenvalue weighted by atomic mass is 127. The smallest absolute Gasteiger partial charge is 0.387 e. The number of ether oxygens (including phenoxy) is 4. The lowest BCUT2D eigenvalue weighted by Gasteiger charge is -2.36. The van der Waals surface area contributed by atoms with Gasteiger partial charge in [-0.15, -0.1) is 0 Å². The van der Waals surface area contributed by atoms with Gasteiger partial charge in [-0.05, 0) is 30.5 Å². The Bertz CT molecular complexity index is 544. The van der Waals surface area contributed by atoms with Crippen molar-refractivity contribution in [2.24, 2.45) is 5.92 Å². The van der Waals surface area contributed by atoms with Gasteiger partial charge >= 0.3 is 6.61 Å². The summed E-state index contributed by atoms with van der Waals surface area (Å²) in [5.41, 5.74) is 0.616. The highest BCUT2D eigenvalue weighted by molar-refractivity contribution is 14.1. The molecule has 2 atom stereocenters. The van der Waals surface area contributed by atoms with Crippen LogP contribution in [-0.4, -0.2) is 36.6 Å². The molecule has 134 valence electrons. The third-order valence-corrected chi connectivity index (χ3v) is 4.84. The van der Waals surface area contributed by atoms with Gasteiger partial charge < -0.3 is 18.9 Å². The van der Waals surface area contributed by atoms with E-state index in [1.807, 2.05) is 0 Å². The van der Waals surface area contributed by atoms with Gasteiger partial charge in [0, 0.05) is 5.92 Å². The quantitative estimate of drug-likeness (QED) is 0.504. The van der Waals surface area contributed by atoms with Crippen molar-refractivity contribution >= 4 is 22.6 Å². The minimum absolute atomic E-state index is 0.149. The molecule has 0 spiro atoms. The van der Waals surface area contributed by atoms with Gasteiger partial charge in [-0.2, -0.15) is 8.78 Å². The SMILES string of the molecule is Fc1cc(C2CCC(C3OCC(I)CO3)CO2)ccc1OC(F)F. The summed E-state index contributed by atoms with van der Waals surface area (Å²) < 4.78 is 59.8. The Morgan fingerprint density at radius 3 is 2.42 bits per heavy atom. The Balaban J connectivity index is 1.55. The highest BCUT2D eigenvalue weighted by Crippen LogP contribution is 2.35. The Kier molecular flexibility index (Phi) is 6.22. The van der Waals surface area contributed by atoms with Crippen molar-refractivity contribution in [1.29, 1.82) is 0 Å². The summed E-state index contributed by atoms with van der Waals surface area (Å²) in [6.07, 6.45) is 1.00. The van der Waals surface area contributed by atoms with Crippen LogP contribution in [0.15, 0.2) is 18.2 Å². The van der Waals surface area contributed by atoms with Gasteiger partial charge in [0.1, 0.15) is 0 Å². The molecule has 2 unspecified atom stereocenters. The van der Waals surface area contributed by atoms with Crippen molar-refractivity contribution in [3.05, 3.63) is 29.6 Å². The third kappa shape index (κ3) is 4.53.